The van der Waals surface area contributed by atoms with Gasteiger partial charge in [0.15, 0.2) is 12.6 Å². The molecule has 0 bridgehead atoms. The van der Waals surface area contributed by atoms with Gasteiger partial charge in [0, 0.05) is 26.7 Å². The van der Waals surface area contributed by atoms with Gasteiger partial charge in [0.25, 0.3) is 5.91 Å². The highest BCUT2D eigenvalue weighted by atomic mass is 16.5. The van der Waals surface area contributed by atoms with Crippen LogP contribution < -0.4 is 20.3 Å². The first-order valence-electron chi connectivity index (χ1n) is 10.8. The summed E-state index contributed by atoms with van der Waals surface area (Å²) in [5.74, 6) is 1.86. The summed E-state index contributed by atoms with van der Waals surface area (Å²) >= 11 is 0. The number of nitrogens with zero attached hydrogens (tertiary/aromatic N) is 2. The molecule has 1 aliphatic heterocycles. The first-order chi connectivity index (χ1) is 15.2. The number of rotatable bonds is 10. The van der Waals surface area contributed by atoms with Gasteiger partial charge in [-0.2, -0.15) is 0 Å². The summed E-state index contributed by atoms with van der Waals surface area (Å²) in [5.41, 5.74) is 2.02. The highest BCUT2D eigenvalue weighted by Gasteiger charge is 2.24. The van der Waals surface area contributed by atoms with Crippen molar-refractivity contribution in [3.8, 4) is 5.75 Å². The van der Waals surface area contributed by atoms with E-state index in [4.69, 9.17) is 9.47 Å². The van der Waals surface area contributed by atoms with Gasteiger partial charge in [0.1, 0.15) is 5.75 Å². The number of anilines is 1. The topological polar surface area (TPSA) is 75.2 Å². The van der Waals surface area contributed by atoms with Crippen LogP contribution in [0.3, 0.4) is 0 Å². The second kappa shape index (κ2) is 12.0. The minimum Gasteiger partial charge on any atom is -0.482 e. The van der Waals surface area contributed by atoms with Crippen molar-refractivity contribution >= 4 is 17.6 Å². The molecule has 1 unspecified atom stereocenters. The van der Waals surface area contributed by atoms with E-state index in [2.05, 4.69) is 34.7 Å². The van der Waals surface area contributed by atoms with E-state index < -0.39 is 0 Å². The van der Waals surface area contributed by atoms with E-state index in [1.54, 1.807) is 11.9 Å². The molecule has 31 heavy (non-hydrogen) atoms. The van der Waals surface area contributed by atoms with Crippen molar-refractivity contribution in [1.82, 2.24) is 10.6 Å². The zero-order valence-electron chi connectivity index (χ0n) is 18.3. The third-order valence-corrected chi connectivity index (χ3v) is 5.01. The molecule has 2 N–H and O–H groups in total. The summed E-state index contributed by atoms with van der Waals surface area (Å²) in [4.78, 5) is 18.3. The van der Waals surface area contributed by atoms with Crippen LogP contribution in [-0.4, -0.2) is 51.8 Å². The van der Waals surface area contributed by atoms with Crippen molar-refractivity contribution < 1.29 is 14.3 Å². The summed E-state index contributed by atoms with van der Waals surface area (Å²) in [6.07, 6.45) is 0.802. The number of hydrogen-bond acceptors (Lipinski definition) is 4. The maximum absolute atomic E-state index is 12.2. The summed E-state index contributed by atoms with van der Waals surface area (Å²) in [7, 11) is 1.76. The summed E-state index contributed by atoms with van der Waals surface area (Å²) in [6, 6.07) is 17.8. The average Bonchev–Trinajstić information content (AvgIpc) is 2.80. The Balaban J connectivity index is 1.33. The van der Waals surface area contributed by atoms with E-state index >= 15 is 0 Å². The Bertz CT molecular complexity index is 857. The summed E-state index contributed by atoms with van der Waals surface area (Å²) in [6.45, 7) is 5.66. The lowest BCUT2D eigenvalue weighted by atomic mass is 10.2. The van der Waals surface area contributed by atoms with Crippen LogP contribution in [0.2, 0.25) is 0 Å². The second-order valence-electron chi connectivity index (χ2n) is 7.64. The number of para-hydroxylation sites is 2. The van der Waals surface area contributed by atoms with Gasteiger partial charge in [0.05, 0.1) is 18.9 Å². The van der Waals surface area contributed by atoms with Gasteiger partial charge in [-0.3, -0.25) is 9.79 Å². The van der Waals surface area contributed by atoms with Crippen LogP contribution >= 0.6 is 0 Å². The van der Waals surface area contributed by atoms with Crippen LogP contribution in [0.4, 0.5) is 5.69 Å². The Morgan fingerprint density at radius 2 is 1.94 bits per heavy atom. The van der Waals surface area contributed by atoms with Gasteiger partial charge in [-0.1, -0.05) is 49.4 Å². The normalized spacial score (nSPS) is 14.6. The van der Waals surface area contributed by atoms with Gasteiger partial charge in [-0.25, -0.2) is 0 Å². The fraction of sp³-hybridized carbons (Fsp3) is 0.417. The van der Waals surface area contributed by atoms with Crippen molar-refractivity contribution in [2.45, 2.75) is 20.0 Å². The number of aliphatic imine (C=N–C) groups is 1. The molecule has 7 heteroatoms. The molecular formula is C24H32N4O3. The molecule has 1 atom stereocenters. The molecule has 0 aromatic heterocycles. The molecule has 7 nitrogen and oxygen atoms in total. The lowest BCUT2D eigenvalue weighted by Gasteiger charge is -2.29. The quantitative estimate of drug-likeness (QED) is 0.349. The maximum atomic E-state index is 12.2. The Labute approximate surface area is 184 Å². The molecule has 0 fully saturated rings. The first-order valence-corrected chi connectivity index (χ1v) is 10.8. The molecule has 2 aromatic carbocycles. The predicted molar refractivity (Wildman–Crippen MR) is 124 cm³/mol. The number of amides is 1. The van der Waals surface area contributed by atoms with Gasteiger partial charge >= 0.3 is 0 Å². The van der Waals surface area contributed by atoms with Crippen LogP contribution in [0.25, 0.3) is 0 Å². The minimum absolute atomic E-state index is 0.00876. The smallest absolute Gasteiger partial charge is 0.265 e. The van der Waals surface area contributed by atoms with Crippen molar-refractivity contribution in [1.29, 1.82) is 0 Å². The van der Waals surface area contributed by atoms with Crippen LogP contribution in [0.1, 0.15) is 18.9 Å². The van der Waals surface area contributed by atoms with Crippen LogP contribution in [0.5, 0.6) is 5.75 Å². The molecule has 3 rings (SSSR count). The molecule has 1 amide bonds. The number of nitrogens with one attached hydrogen (secondary N) is 2. The van der Waals surface area contributed by atoms with E-state index in [1.165, 1.54) is 5.56 Å². The lowest BCUT2D eigenvalue weighted by molar-refractivity contribution is -0.121. The van der Waals surface area contributed by atoms with E-state index in [9.17, 15) is 4.79 Å². The predicted octanol–water partition coefficient (Wildman–Crippen LogP) is 2.82. The molecular weight excluding hydrogens is 392 g/mol. The minimum atomic E-state index is -0.00876. The number of carbonyl (C=O) groups excluding carboxylic acids is 1. The van der Waals surface area contributed by atoms with Gasteiger partial charge in [-0.05, 0) is 30.0 Å². The van der Waals surface area contributed by atoms with Crippen LogP contribution in [-0.2, 0) is 16.1 Å². The Hall–Kier alpha value is -3.06. The monoisotopic (exact) mass is 424 g/mol. The molecule has 1 heterocycles. The first kappa shape index (κ1) is 22.6. The van der Waals surface area contributed by atoms with Gasteiger partial charge in [-0.15, -0.1) is 0 Å². The van der Waals surface area contributed by atoms with Crippen molar-refractivity contribution in [3.05, 3.63) is 60.2 Å². The Morgan fingerprint density at radius 3 is 2.74 bits per heavy atom. The molecule has 0 spiro atoms. The molecule has 166 valence electrons. The molecule has 2 aromatic rings. The number of guanidine groups is 1. The summed E-state index contributed by atoms with van der Waals surface area (Å²) in [5, 5.41) is 6.65. The zero-order valence-corrected chi connectivity index (χ0v) is 18.3. The fourth-order valence-electron chi connectivity index (χ4n) is 3.35. The van der Waals surface area contributed by atoms with Gasteiger partial charge in [0.2, 0.25) is 0 Å². The fourth-order valence-corrected chi connectivity index (χ4v) is 3.35. The van der Waals surface area contributed by atoms with Crippen LogP contribution in [0.15, 0.2) is 59.6 Å². The second-order valence-corrected chi connectivity index (χ2v) is 7.64. The zero-order chi connectivity index (χ0) is 21.9. The number of fused-ring (bicyclic) bond motifs is 1. The van der Waals surface area contributed by atoms with E-state index in [-0.39, 0.29) is 12.5 Å². The van der Waals surface area contributed by atoms with Gasteiger partial charge < -0.3 is 25.0 Å². The standard InChI is InChI=1S/C24H32N4O3/c1-19(16-30-17-20-9-4-3-5-10-20)15-27-24(25-2)26-13-8-14-28-21-11-6-7-12-22(21)31-18-23(28)29/h3-7,9-12,19H,8,13-18H2,1-2H3,(H2,25,26,27). The molecule has 0 radical (unpaired) electrons. The number of ether oxygens (including phenoxy) is 2. The van der Waals surface area contributed by atoms with E-state index in [0.717, 1.165) is 30.4 Å². The van der Waals surface area contributed by atoms with Crippen molar-refractivity contribution in [2.75, 3.05) is 44.8 Å². The van der Waals surface area contributed by atoms with Crippen molar-refractivity contribution in [3.63, 3.8) is 0 Å². The number of benzene rings is 2. The number of hydrogen-bond donors (Lipinski definition) is 2. The molecule has 0 aliphatic carbocycles. The third-order valence-electron chi connectivity index (χ3n) is 5.01. The highest BCUT2D eigenvalue weighted by Crippen LogP contribution is 2.31. The van der Waals surface area contributed by atoms with Crippen LogP contribution in [0, 0.1) is 5.92 Å². The SMILES string of the molecule is CN=C(NCCCN1C(=O)COc2ccccc21)NCC(C)COCc1ccccc1. The third kappa shape index (κ3) is 7.00. The Morgan fingerprint density at radius 1 is 1.16 bits per heavy atom. The van der Waals surface area contributed by atoms with E-state index in [0.29, 0.717) is 32.2 Å². The lowest BCUT2D eigenvalue weighted by Crippen LogP contribution is -2.43. The summed E-state index contributed by atoms with van der Waals surface area (Å²) < 4.78 is 11.3. The number of carbonyl (C=O) groups is 1. The van der Waals surface area contributed by atoms with E-state index in [1.807, 2.05) is 42.5 Å². The average molecular weight is 425 g/mol. The highest BCUT2D eigenvalue weighted by molar-refractivity contribution is 5.97. The molecule has 0 saturated carbocycles. The maximum Gasteiger partial charge on any atom is 0.265 e. The largest absolute Gasteiger partial charge is 0.482 e. The molecule has 0 saturated heterocycles. The van der Waals surface area contributed by atoms with Crippen molar-refractivity contribution in [2.24, 2.45) is 10.9 Å². The molecule has 1 aliphatic rings. The Kier molecular flexibility index (Phi) is 8.72.